The summed E-state index contributed by atoms with van der Waals surface area (Å²) < 4.78 is 9.38. The first-order valence-corrected chi connectivity index (χ1v) is 5.14. The summed E-state index contributed by atoms with van der Waals surface area (Å²) in [5.41, 5.74) is 0. The van der Waals surface area contributed by atoms with Crippen LogP contribution in [0.25, 0.3) is 0 Å². The lowest BCUT2D eigenvalue weighted by molar-refractivity contribution is -0.137. The molecule has 0 radical (unpaired) electrons. The number of hydrogen-bond acceptors (Lipinski definition) is 6. The highest BCUT2D eigenvalue weighted by Crippen LogP contribution is 2.04. The first-order chi connectivity index (χ1) is 8.65. The molecule has 1 aromatic heterocycles. The van der Waals surface area contributed by atoms with Crippen LogP contribution in [0.3, 0.4) is 0 Å². The lowest BCUT2D eigenvalue weighted by Crippen LogP contribution is -2.00. The van der Waals surface area contributed by atoms with Gasteiger partial charge in [-0.1, -0.05) is 0 Å². The van der Waals surface area contributed by atoms with Crippen LogP contribution >= 0.6 is 0 Å². The van der Waals surface area contributed by atoms with Crippen molar-refractivity contribution in [2.45, 2.75) is 19.6 Å². The zero-order chi connectivity index (χ0) is 14.0. The molecule has 0 spiro atoms. The van der Waals surface area contributed by atoms with Crippen LogP contribution in [-0.4, -0.2) is 35.7 Å². The predicted octanol–water partition coefficient (Wildman–Crippen LogP) is 0.681. The second-order valence-corrected chi connectivity index (χ2v) is 3.08. The van der Waals surface area contributed by atoms with Gasteiger partial charge in [0.15, 0.2) is 12.0 Å². The number of rotatable bonds is 2. The van der Waals surface area contributed by atoms with E-state index in [0.717, 1.165) is 7.11 Å². The van der Waals surface area contributed by atoms with Gasteiger partial charge < -0.3 is 19.4 Å². The number of aldehydes is 1. The number of carbonyl (C=O) groups is 2. The summed E-state index contributed by atoms with van der Waals surface area (Å²) in [5, 5.41) is 15.4. The Bertz CT molecular complexity index is 393. The third kappa shape index (κ3) is 5.97. The lowest BCUT2D eigenvalue weighted by Gasteiger charge is -1.95. The molecule has 0 aliphatic carbocycles. The fraction of sp³-hybridized carbons (Fsp3) is 0.333. The standard InChI is InChI=1S/C6H6O3.C5H6O2.CH4O/c7-3-5-1-2-6(4-8)9-5;1-4-2-3-5(6)7-4;1-2/h1-3,8H,4H2;2-4H,1H3;2H,1H3. The molecule has 1 atom stereocenters. The maximum Gasteiger partial charge on any atom is 0.331 e. The Hall–Kier alpha value is -1.92. The summed E-state index contributed by atoms with van der Waals surface area (Å²) in [6, 6.07) is 3.07. The van der Waals surface area contributed by atoms with Crippen molar-refractivity contribution >= 4 is 12.3 Å². The first kappa shape index (κ1) is 16.1. The van der Waals surface area contributed by atoms with Gasteiger partial charge in [-0.25, -0.2) is 4.79 Å². The van der Waals surface area contributed by atoms with E-state index in [-0.39, 0.29) is 24.4 Å². The van der Waals surface area contributed by atoms with E-state index in [4.69, 9.17) is 14.6 Å². The van der Waals surface area contributed by atoms with Crippen molar-refractivity contribution in [1.82, 2.24) is 0 Å². The SMILES string of the molecule is CC1C=CC(=O)O1.CO.O=Cc1ccc(CO)o1. The molecule has 18 heavy (non-hydrogen) atoms. The van der Waals surface area contributed by atoms with E-state index in [1.54, 1.807) is 12.1 Å². The summed E-state index contributed by atoms with van der Waals surface area (Å²) in [4.78, 5) is 20.1. The molecular weight excluding hydrogens is 240 g/mol. The Labute approximate surface area is 104 Å². The van der Waals surface area contributed by atoms with E-state index < -0.39 is 0 Å². The number of hydrogen-bond donors (Lipinski definition) is 2. The Morgan fingerprint density at radius 1 is 1.39 bits per heavy atom. The van der Waals surface area contributed by atoms with Crippen molar-refractivity contribution in [2.75, 3.05) is 7.11 Å². The molecule has 0 saturated heterocycles. The van der Waals surface area contributed by atoms with Crippen molar-refractivity contribution in [3.8, 4) is 0 Å². The topological polar surface area (TPSA) is 97.0 Å². The van der Waals surface area contributed by atoms with Crippen LogP contribution in [0.4, 0.5) is 0 Å². The minimum absolute atomic E-state index is 0.00694. The van der Waals surface area contributed by atoms with Gasteiger partial charge in [-0.15, -0.1) is 0 Å². The number of carbonyl (C=O) groups excluding carboxylic acids is 2. The normalized spacial score (nSPS) is 16.0. The molecule has 6 heteroatoms. The number of aliphatic hydroxyl groups excluding tert-OH is 2. The quantitative estimate of drug-likeness (QED) is 0.596. The van der Waals surface area contributed by atoms with Crippen molar-refractivity contribution in [3.05, 3.63) is 35.8 Å². The van der Waals surface area contributed by atoms with Crippen LogP contribution in [0.5, 0.6) is 0 Å². The smallest absolute Gasteiger partial charge is 0.331 e. The zero-order valence-electron chi connectivity index (χ0n) is 10.2. The molecule has 1 aliphatic heterocycles. The molecule has 1 unspecified atom stereocenters. The maximum atomic E-state index is 10.1. The first-order valence-electron chi connectivity index (χ1n) is 5.14. The van der Waals surface area contributed by atoms with Crippen LogP contribution in [0.15, 0.2) is 28.7 Å². The zero-order valence-corrected chi connectivity index (χ0v) is 10.2. The molecule has 1 aliphatic rings. The van der Waals surface area contributed by atoms with Crippen molar-refractivity contribution in [2.24, 2.45) is 0 Å². The minimum atomic E-state index is -0.229. The van der Waals surface area contributed by atoms with Gasteiger partial charge in [0.25, 0.3) is 0 Å². The van der Waals surface area contributed by atoms with Crippen LogP contribution in [0.2, 0.25) is 0 Å². The molecular formula is C12H16O6. The van der Waals surface area contributed by atoms with E-state index >= 15 is 0 Å². The molecule has 0 bridgehead atoms. The fourth-order valence-corrected chi connectivity index (χ4v) is 1.02. The van der Waals surface area contributed by atoms with Crippen molar-refractivity contribution in [3.63, 3.8) is 0 Å². The van der Waals surface area contributed by atoms with Gasteiger partial charge in [0.2, 0.25) is 0 Å². The largest absolute Gasteiger partial charge is 0.456 e. The third-order valence-corrected chi connectivity index (χ3v) is 1.76. The molecule has 1 aromatic rings. The highest BCUT2D eigenvalue weighted by atomic mass is 16.5. The number of aliphatic hydroxyl groups is 2. The fourth-order valence-electron chi connectivity index (χ4n) is 1.02. The van der Waals surface area contributed by atoms with E-state index in [0.29, 0.717) is 12.0 Å². The van der Waals surface area contributed by atoms with Gasteiger partial charge >= 0.3 is 5.97 Å². The second kappa shape index (κ2) is 9.15. The molecule has 0 amide bonds. The van der Waals surface area contributed by atoms with Crippen LogP contribution in [0.1, 0.15) is 23.2 Å². The third-order valence-electron chi connectivity index (χ3n) is 1.76. The van der Waals surface area contributed by atoms with Crippen LogP contribution in [-0.2, 0) is 16.1 Å². The Morgan fingerprint density at radius 3 is 2.28 bits per heavy atom. The van der Waals surface area contributed by atoms with Crippen LogP contribution < -0.4 is 0 Å². The summed E-state index contributed by atoms with van der Waals surface area (Å²) in [5.74, 6) is 0.434. The van der Waals surface area contributed by atoms with Crippen LogP contribution in [0, 0.1) is 0 Å². The summed E-state index contributed by atoms with van der Waals surface area (Å²) >= 11 is 0. The van der Waals surface area contributed by atoms with E-state index in [1.165, 1.54) is 12.1 Å². The summed E-state index contributed by atoms with van der Waals surface area (Å²) in [7, 11) is 1.00. The van der Waals surface area contributed by atoms with E-state index in [9.17, 15) is 9.59 Å². The number of esters is 1. The highest BCUT2D eigenvalue weighted by molar-refractivity contribution is 5.84. The molecule has 100 valence electrons. The summed E-state index contributed by atoms with van der Waals surface area (Å²) in [6.45, 7) is 1.66. The van der Waals surface area contributed by atoms with Crippen molar-refractivity contribution in [1.29, 1.82) is 0 Å². The highest BCUT2D eigenvalue weighted by Gasteiger charge is 2.09. The average Bonchev–Trinajstić information content (AvgIpc) is 3.01. The van der Waals surface area contributed by atoms with Crippen molar-refractivity contribution < 1.29 is 29.0 Å². The summed E-state index contributed by atoms with van der Waals surface area (Å²) in [6.07, 6.45) is 3.75. The van der Waals surface area contributed by atoms with Gasteiger partial charge in [-0.3, -0.25) is 4.79 Å². The maximum absolute atomic E-state index is 10.1. The monoisotopic (exact) mass is 256 g/mol. The lowest BCUT2D eigenvalue weighted by atomic mass is 10.4. The number of cyclic esters (lactones) is 1. The molecule has 0 fully saturated rings. The molecule has 0 saturated carbocycles. The molecule has 2 N–H and O–H groups in total. The number of furan rings is 1. The predicted molar refractivity (Wildman–Crippen MR) is 62.9 cm³/mol. The Balaban J connectivity index is 0.000000289. The average molecular weight is 256 g/mol. The second-order valence-electron chi connectivity index (χ2n) is 3.08. The van der Waals surface area contributed by atoms with Gasteiger partial charge in [-0.2, -0.15) is 0 Å². The minimum Gasteiger partial charge on any atom is -0.456 e. The Kier molecular flexibility index (Phi) is 8.17. The van der Waals surface area contributed by atoms with Gasteiger partial charge in [0.1, 0.15) is 18.5 Å². The van der Waals surface area contributed by atoms with Gasteiger partial charge in [0, 0.05) is 13.2 Å². The molecule has 2 heterocycles. The van der Waals surface area contributed by atoms with Gasteiger partial charge in [-0.05, 0) is 25.1 Å². The molecule has 0 aromatic carbocycles. The molecule has 6 nitrogen and oxygen atoms in total. The van der Waals surface area contributed by atoms with E-state index in [2.05, 4.69) is 4.74 Å². The van der Waals surface area contributed by atoms with Gasteiger partial charge in [0.05, 0.1) is 0 Å². The molecule has 2 rings (SSSR count). The van der Waals surface area contributed by atoms with E-state index in [1.807, 2.05) is 6.92 Å². The number of ether oxygens (including phenoxy) is 1. The Morgan fingerprint density at radius 2 is 2.06 bits per heavy atom.